The molecule has 0 aliphatic rings. The molecule has 0 aliphatic carbocycles. The monoisotopic (exact) mass is 268 g/mol. The third kappa shape index (κ3) is 5.74. The van der Waals surface area contributed by atoms with Crippen molar-refractivity contribution in [3.8, 4) is 5.88 Å². The molecule has 6 heteroatoms. The predicted molar refractivity (Wildman–Crippen MR) is 76.4 cm³/mol. The van der Waals surface area contributed by atoms with Crippen LogP contribution in [0.2, 0.25) is 0 Å². The highest BCUT2D eigenvalue weighted by atomic mass is 16.5. The van der Waals surface area contributed by atoms with Gasteiger partial charge >= 0.3 is 0 Å². The SMILES string of the molecule is CCOc1ncnc(NCCCCOC(C)C)c1N. The molecule has 0 saturated heterocycles. The van der Waals surface area contributed by atoms with Crippen molar-refractivity contribution in [2.45, 2.75) is 39.7 Å². The van der Waals surface area contributed by atoms with E-state index in [1.807, 2.05) is 20.8 Å². The van der Waals surface area contributed by atoms with Crippen molar-refractivity contribution in [1.29, 1.82) is 0 Å². The summed E-state index contributed by atoms with van der Waals surface area (Å²) in [5.74, 6) is 1.06. The maximum atomic E-state index is 5.91. The Labute approximate surface area is 114 Å². The molecule has 1 heterocycles. The molecule has 0 aliphatic heterocycles. The number of aromatic nitrogens is 2. The highest BCUT2D eigenvalue weighted by Gasteiger charge is 2.07. The Morgan fingerprint density at radius 3 is 2.79 bits per heavy atom. The minimum atomic E-state index is 0.291. The van der Waals surface area contributed by atoms with E-state index >= 15 is 0 Å². The summed E-state index contributed by atoms with van der Waals surface area (Å²) in [4.78, 5) is 8.10. The maximum Gasteiger partial charge on any atom is 0.242 e. The second-order valence-electron chi connectivity index (χ2n) is 4.43. The molecule has 0 aromatic carbocycles. The molecule has 0 atom stereocenters. The number of anilines is 2. The summed E-state index contributed by atoms with van der Waals surface area (Å²) in [6, 6.07) is 0. The molecule has 1 aromatic heterocycles. The van der Waals surface area contributed by atoms with Crippen LogP contribution in [0, 0.1) is 0 Å². The Kier molecular flexibility index (Phi) is 6.95. The molecule has 3 N–H and O–H groups in total. The van der Waals surface area contributed by atoms with E-state index in [0.29, 0.717) is 30.1 Å². The van der Waals surface area contributed by atoms with Gasteiger partial charge in [0.15, 0.2) is 5.82 Å². The molecule has 1 aromatic rings. The summed E-state index contributed by atoms with van der Waals surface area (Å²) >= 11 is 0. The van der Waals surface area contributed by atoms with Crippen molar-refractivity contribution in [3.05, 3.63) is 6.33 Å². The van der Waals surface area contributed by atoms with E-state index in [-0.39, 0.29) is 0 Å². The normalized spacial score (nSPS) is 10.7. The van der Waals surface area contributed by atoms with E-state index in [2.05, 4.69) is 15.3 Å². The van der Waals surface area contributed by atoms with Crippen LogP contribution in [0.25, 0.3) is 0 Å². The zero-order valence-electron chi connectivity index (χ0n) is 12.0. The first kappa shape index (κ1) is 15.5. The number of hydrogen-bond acceptors (Lipinski definition) is 6. The first-order valence-electron chi connectivity index (χ1n) is 6.73. The number of nitrogens with zero attached hydrogens (tertiary/aromatic N) is 2. The molecule has 0 spiro atoms. The molecule has 19 heavy (non-hydrogen) atoms. The molecular formula is C13H24N4O2. The summed E-state index contributed by atoms with van der Waals surface area (Å²) in [6.07, 6.45) is 3.75. The van der Waals surface area contributed by atoms with Gasteiger partial charge in [0.2, 0.25) is 5.88 Å². The second-order valence-corrected chi connectivity index (χ2v) is 4.43. The lowest BCUT2D eigenvalue weighted by molar-refractivity contribution is 0.0765. The third-order valence-corrected chi connectivity index (χ3v) is 2.44. The zero-order valence-corrected chi connectivity index (χ0v) is 12.0. The van der Waals surface area contributed by atoms with Crippen molar-refractivity contribution < 1.29 is 9.47 Å². The summed E-state index contributed by atoms with van der Waals surface area (Å²) in [7, 11) is 0. The van der Waals surface area contributed by atoms with Crippen LogP contribution in [-0.2, 0) is 4.74 Å². The van der Waals surface area contributed by atoms with Gasteiger partial charge in [-0.2, -0.15) is 4.98 Å². The molecule has 1 rings (SSSR count). The van der Waals surface area contributed by atoms with Gasteiger partial charge in [-0.3, -0.25) is 0 Å². The molecule has 6 nitrogen and oxygen atoms in total. The number of ether oxygens (including phenoxy) is 2. The quantitative estimate of drug-likeness (QED) is 0.667. The molecule has 0 fully saturated rings. The fraction of sp³-hybridized carbons (Fsp3) is 0.692. The summed E-state index contributed by atoms with van der Waals surface area (Å²) < 4.78 is 10.8. The van der Waals surface area contributed by atoms with Gasteiger partial charge in [-0.05, 0) is 33.6 Å². The van der Waals surface area contributed by atoms with Gasteiger partial charge in [0.05, 0.1) is 12.7 Å². The lowest BCUT2D eigenvalue weighted by atomic mass is 10.3. The topological polar surface area (TPSA) is 82.3 Å². The molecule has 0 unspecified atom stereocenters. The van der Waals surface area contributed by atoms with Gasteiger partial charge < -0.3 is 20.5 Å². The van der Waals surface area contributed by atoms with Gasteiger partial charge in [0, 0.05) is 13.2 Å². The van der Waals surface area contributed by atoms with Gasteiger partial charge in [-0.15, -0.1) is 0 Å². The van der Waals surface area contributed by atoms with E-state index < -0.39 is 0 Å². The first-order valence-corrected chi connectivity index (χ1v) is 6.73. The van der Waals surface area contributed by atoms with Crippen molar-refractivity contribution >= 4 is 11.5 Å². The van der Waals surface area contributed by atoms with E-state index in [4.69, 9.17) is 15.2 Å². The van der Waals surface area contributed by atoms with E-state index in [9.17, 15) is 0 Å². The van der Waals surface area contributed by atoms with Gasteiger partial charge in [-0.1, -0.05) is 0 Å². The van der Waals surface area contributed by atoms with Crippen LogP contribution in [0.3, 0.4) is 0 Å². The summed E-state index contributed by atoms with van der Waals surface area (Å²) in [6.45, 7) is 8.08. The summed E-state index contributed by atoms with van der Waals surface area (Å²) in [5.41, 5.74) is 6.37. The number of nitrogens with two attached hydrogens (primary N) is 1. The Balaban J connectivity index is 2.31. The van der Waals surface area contributed by atoms with Crippen LogP contribution < -0.4 is 15.8 Å². The smallest absolute Gasteiger partial charge is 0.242 e. The molecule has 0 saturated carbocycles. The largest absolute Gasteiger partial charge is 0.476 e. The van der Waals surface area contributed by atoms with Gasteiger partial charge in [0.25, 0.3) is 0 Å². The van der Waals surface area contributed by atoms with Crippen LogP contribution in [0.1, 0.15) is 33.6 Å². The van der Waals surface area contributed by atoms with Crippen molar-refractivity contribution in [3.63, 3.8) is 0 Å². The van der Waals surface area contributed by atoms with Crippen LogP contribution >= 0.6 is 0 Å². The number of rotatable bonds is 9. The van der Waals surface area contributed by atoms with Crippen LogP contribution in [0.5, 0.6) is 5.88 Å². The molecule has 0 amide bonds. The Morgan fingerprint density at radius 1 is 1.32 bits per heavy atom. The third-order valence-electron chi connectivity index (χ3n) is 2.44. The van der Waals surface area contributed by atoms with Crippen LogP contribution in [-0.4, -0.2) is 35.8 Å². The van der Waals surface area contributed by atoms with Gasteiger partial charge in [-0.25, -0.2) is 4.98 Å². The maximum absolute atomic E-state index is 5.91. The highest BCUT2D eigenvalue weighted by molar-refractivity contribution is 5.66. The number of nitrogen functional groups attached to an aromatic ring is 1. The molecular weight excluding hydrogens is 244 g/mol. The number of nitrogens with one attached hydrogen (secondary N) is 1. The number of unbranched alkanes of at least 4 members (excludes halogenated alkanes) is 1. The average Bonchev–Trinajstić information content (AvgIpc) is 2.37. The Bertz CT molecular complexity index is 372. The lowest BCUT2D eigenvalue weighted by Crippen LogP contribution is -2.10. The number of hydrogen-bond donors (Lipinski definition) is 2. The summed E-state index contributed by atoms with van der Waals surface area (Å²) in [5, 5.41) is 3.19. The molecule has 0 bridgehead atoms. The zero-order chi connectivity index (χ0) is 14.1. The van der Waals surface area contributed by atoms with Crippen LogP contribution in [0.15, 0.2) is 6.33 Å². The second kappa shape index (κ2) is 8.53. The molecule has 108 valence electrons. The Hall–Kier alpha value is -1.56. The van der Waals surface area contributed by atoms with Crippen LogP contribution in [0.4, 0.5) is 11.5 Å². The van der Waals surface area contributed by atoms with Crippen molar-refractivity contribution in [2.24, 2.45) is 0 Å². The standard InChI is InChI=1S/C13H24N4O2/c1-4-18-13-11(14)12(16-9-17-13)15-7-5-6-8-19-10(2)3/h9-10H,4-8,14H2,1-3H3,(H,15,16,17). The van der Waals surface area contributed by atoms with Gasteiger partial charge in [0.1, 0.15) is 12.0 Å². The van der Waals surface area contributed by atoms with E-state index in [1.165, 1.54) is 6.33 Å². The highest BCUT2D eigenvalue weighted by Crippen LogP contribution is 2.24. The lowest BCUT2D eigenvalue weighted by Gasteiger charge is -2.11. The average molecular weight is 268 g/mol. The first-order chi connectivity index (χ1) is 9.15. The fourth-order valence-corrected chi connectivity index (χ4v) is 1.52. The van der Waals surface area contributed by atoms with E-state index in [1.54, 1.807) is 0 Å². The molecule has 0 radical (unpaired) electrons. The van der Waals surface area contributed by atoms with Crippen molar-refractivity contribution in [2.75, 3.05) is 30.8 Å². The minimum Gasteiger partial charge on any atom is -0.476 e. The Morgan fingerprint density at radius 2 is 2.11 bits per heavy atom. The predicted octanol–water partition coefficient (Wildman–Crippen LogP) is 2.07. The minimum absolute atomic E-state index is 0.291. The van der Waals surface area contributed by atoms with E-state index in [0.717, 1.165) is 26.0 Å². The van der Waals surface area contributed by atoms with Crippen molar-refractivity contribution in [1.82, 2.24) is 9.97 Å². The fourth-order valence-electron chi connectivity index (χ4n) is 1.52.